The molecule has 121 heavy (non-hydrogen) atoms. The van der Waals surface area contributed by atoms with Crippen molar-refractivity contribution in [1.29, 1.82) is 0 Å². The van der Waals surface area contributed by atoms with Crippen molar-refractivity contribution >= 4 is 64.4 Å². The lowest BCUT2D eigenvalue weighted by Crippen LogP contribution is -2.47. The van der Waals surface area contributed by atoms with Gasteiger partial charge in [-0.25, -0.2) is 70.8 Å². The van der Waals surface area contributed by atoms with E-state index >= 15 is 0 Å². The van der Waals surface area contributed by atoms with Gasteiger partial charge in [0, 0.05) is 55.4 Å². The number of aliphatic hydroxyl groups is 1. The summed E-state index contributed by atoms with van der Waals surface area (Å²) >= 11 is 0. The molecule has 4 aliphatic heterocycles. The van der Waals surface area contributed by atoms with Crippen molar-refractivity contribution in [3.63, 3.8) is 0 Å². The van der Waals surface area contributed by atoms with Crippen LogP contribution in [0.25, 0.3) is 16.9 Å². The fourth-order valence-electron chi connectivity index (χ4n) is 15.0. The Morgan fingerprint density at radius 3 is 1.62 bits per heavy atom. The van der Waals surface area contributed by atoms with Crippen LogP contribution in [0.4, 0.5) is 40.2 Å². The van der Waals surface area contributed by atoms with Crippen molar-refractivity contribution in [2.24, 2.45) is 0 Å². The second-order valence-corrected chi connectivity index (χ2v) is 31.6. The van der Waals surface area contributed by atoms with Crippen molar-refractivity contribution in [3.05, 3.63) is 135 Å². The molecule has 13 heterocycles. The number of ether oxygens (including phenoxy) is 9. The number of rotatable bonds is 16. The van der Waals surface area contributed by atoms with Gasteiger partial charge in [-0.05, 0) is 159 Å². The predicted octanol–water partition coefficient (Wildman–Crippen LogP) is 12.8. The molecule has 9 atom stereocenters. The Hall–Kier alpha value is -11.8. The van der Waals surface area contributed by atoms with E-state index in [1.165, 1.54) is 52.0 Å². The molecular weight excluding hydrogens is 1570 g/mol. The summed E-state index contributed by atoms with van der Waals surface area (Å²) in [5, 5.41) is 29.9. The molecule has 9 aromatic heterocycles. The van der Waals surface area contributed by atoms with Crippen molar-refractivity contribution in [2.45, 2.75) is 269 Å². The molecule has 16 rings (SSSR count). The SMILES string of the molecule is C.C.C.C.CCOC(=O)c1cnn2cc3c(nc12)N(Cc1cc(F)c[nH]c1=O)[C@@H]1CCC[C@@H]1O3.CCOC(=O)c1cnn2cc3c(nc12)N(Cc1cc(F)cnc1O[C@@H](C)CCNC(=O)OC(C)(C)C)[C@@H]1CCC[C@@H]1O3.C[C@@H](O)CCNC(=O)OC(C)(C)C.C[C@H]1CCNC(=O)c2cnn3cc4c(nc23)N(Cc2cc(F)cnc2O1)[C@@H]1CCC[C@@H]1O4. The summed E-state index contributed by atoms with van der Waals surface area (Å²) in [4.78, 5) is 104. The summed E-state index contributed by atoms with van der Waals surface area (Å²) in [6.45, 7) is 22.2. The molecule has 658 valence electrons. The maximum atomic E-state index is 14.5. The molecule has 37 heteroatoms. The number of aromatic amines is 1. The molecule has 9 aromatic rings. The number of anilines is 3. The number of esters is 2. The van der Waals surface area contributed by atoms with Crippen molar-refractivity contribution in [3.8, 4) is 29.0 Å². The fourth-order valence-corrected chi connectivity index (χ4v) is 15.0. The molecule has 7 aliphatic rings. The van der Waals surface area contributed by atoms with Crippen molar-refractivity contribution < 1.29 is 84.9 Å². The van der Waals surface area contributed by atoms with E-state index in [-0.39, 0.29) is 127 Å². The number of carbonyl (C=O) groups is 5. The minimum absolute atomic E-state index is 0. The number of alkyl carbamates (subject to hydrolysis) is 2. The van der Waals surface area contributed by atoms with E-state index < -0.39 is 58.9 Å². The standard InChI is InChI=1S/C29H37FN6O6.C22H23FN6O3.C20H20FN5O4.C9H19NO3.4CH4/c1-6-39-27(37)20-14-33-36-16-23-25(34-24(20)36)35(21-8-7-9-22(21)41-23)15-18-12-19(30)13-32-26(18)40-17(2)10-11-31-28(38)42-29(3,4)5;1-12-5-6-24-21(30)15-9-26-29-11-18-20(27-19(15)29)28(16-3-2-4-17(16)32-18)10-13-7-14(23)8-25-22(13)31-12;1-2-29-20(28)13-8-23-26-10-16-18(24-17(13)26)25(14-4-3-5-15(14)30-16)9-11-6-12(21)7-22-19(11)27;1-7(11)5-6-10-8(12)13-9(2,3)4;;;;/h12-14,16-17,21-22H,6-11,15H2,1-5H3,(H,31,38);7-9,11-12,16-17H,2-6,10H2,1H3,(H,24,30);6-8,10,14-15H,2-5,9H2,1H3,(H,22,27);7,11H,5-6H2,1-4H3,(H,10,12);4*1H4/t17-,21+,22-;12-,16+,17-;14-,15+;7-;;;;/m0011..../s1. The number of carbonyl (C=O) groups excluding carboxylic acids is 5. The third kappa shape index (κ3) is 22.3. The highest BCUT2D eigenvalue weighted by Gasteiger charge is 2.45. The number of aromatic nitrogens is 12. The van der Waals surface area contributed by atoms with Gasteiger partial charge >= 0.3 is 24.1 Å². The minimum Gasteiger partial charge on any atom is -0.483 e. The summed E-state index contributed by atoms with van der Waals surface area (Å²) < 4.78 is 98.5. The Morgan fingerprint density at radius 2 is 1.07 bits per heavy atom. The average molecular weight is 1690 g/mol. The van der Waals surface area contributed by atoms with Crippen LogP contribution in [0.15, 0.2) is 78.8 Å². The predicted molar refractivity (Wildman–Crippen MR) is 444 cm³/mol. The van der Waals surface area contributed by atoms with Gasteiger partial charge in [0.25, 0.3) is 11.5 Å². The van der Waals surface area contributed by atoms with Crippen LogP contribution in [0, 0.1) is 17.5 Å². The molecule has 3 saturated carbocycles. The molecular formula is C84H115F3N18O16. The zero-order valence-corrected chi connectivity index (χ0v) is 67.2. The first-order chi connectivity index (χ1) is 55.9. The number of halogens is 3. The lowest BCUT2D eigenvalue weighted by atomic mass is 10.1. The summed E-state index contributed by atoms with van der Waals surface area (Å²) in [5.41, 5.74) is 2.14. The average Bonchev–Trinajstić information content (AvgIpc) is 1.68. The van der Waals surface area contributed by atoms with Crippen LogP contribution in [0.5, 0.6) is 29.0 Å². The quantitative estimate of drug-likeness (QED) is 0.0443. The molecule has 34 nitrogen and oxygen atoms in total. The monoisotopic (exact) mass is 1690 g/mol. The van der Waals surface area contributed by atoms with E-state index in [0.29, 0.717) is 131 Å². The van der Waals surface area contributed by atoms with Crippen LogP contribution >= 0.6 is 0 Å². The van der Waals surface area contributed by atoms with Crippen LogP contribution < -0.4 is 59.9 Å². The number of fused-ring (bicyclic) bond motifs is 9. The number of pyridine rings is 3. The zero-order valence-electron chi connectivity index (χ0n) is 67.2. The van der Waals surface area contributed by atoms with Gasteiger partial charge in [-0.3, -0.25) is 9.59 Å². The Labute approximate surface area is 701 Å². The zero-order chi connectivity index (χ0) is 83.1. The molecule has 3 fully saturated rings. The van der Waals surface area contributed by atoms with Crippen LogP contribution in [0.1, 0.15) is 231 Å². The Kier molecular flexibility index (Phi) is 30.8. The molecule has 3 amide bonds. The highest BCUT2D eigenvalue weighted by atomic mass is 19.1. The van der Waals surface area contributed by atoms with E-state index in [9.17, 15) is 41.9 Å². The molecule has 0 aromatic carbocycles. The van der Waals surface area contributed by atoms with Crippen molar-refractivity contribution in [1.82, 2.24) is 74.7 Å². The maximum absolute atomic E-state index is 14.5. The Balaban J connectivity index is 0.000000191. The highest BCUT2D eigenvalue weighted by Crippen LogP contribution is 2.46. The van der Waals surface area contributed by atoms with Gasteiger partial charge < -0.3 is 83.4 Å². The van der Waals surface area contributed by atoms with Crippen LogP contribution in [-0.4, -0.2) is 193 Å². The number of aliphatic hydroxyl groups excluding tert-OH is 1. The normalized spacial score (nSPS) is 19.4. The smallest absolute Gasteiger partial charge is 0.407 e. The highest BCUT2D eigenvalue weighted by molar-refractivity contribution is 6.00. The molecule has 2 bridgehead atoms. The maximum Gasteiger partial charge on any atom is 0.407 e. The van der Waals surface area contributed by atoms with Gasteiger partial charge in [0.15, 0.2) is 51.6 Å². The number of nitrogens with zero attached hydrogens (tertiary/aromatic N) is 14. The van der Waals surface area contributed by atoms with Gasteiger partial charge in [-0.15, -0.1) is 0 Å². The topological polar surface area (TPSA) is 384 Å². The van der Waals surface area contributed by atoms with Crippen LogP contribution in [0.2, 0.25) is 0 Å². The number of H-pyrrole nitrogens is 1. The molecule has 0 radical (unpaired) electrons. The van der Waals surface area contributed by atoms with E-state index in [1.54, 1.807) is 85.4 Å². The van der Waals surface area contributed by atoms with Crippen LogP contribution in [0.3, 0.4) is 0 Å². The number of amides is 3. The number of hydrogen-bond donors (Lipinski definition) is 5. The largest absolute Gasteiger partial charge is 0.483 e. The molecule has 0 unspecified atom stereocenters. The second kappa shape index (κ2) is 40.1. The number of nitrogens with one attached hydrogen (secondary N) is 4. The summed E-state index contributed by atoms with van der Waals surface area (Å²) in [6.07, 6.45) is 20.8. The first-order valence-corrected chi connectivity index (χ1v) is 39.6. The van der Waals surface area contributed by atoms with Gasteiger partial charge in [0.05, 0.1) is 119 Å². The Bertz CT molecular complexity index is 5170. The van der Waals surface area contributed by atoms with E-state index in [1.807, 2.05) is 18.7 Å². The van der Waals surface area contributed by atoms with E-state index in [0.717, 1.165) is 70.2 Å². The summed E-state index contributed by atoms with van der Waals surface area (Å²) in [7, 11) is 0. The molecule has 0 saturated heterocycles. The lowest BCUT2D eigenvalue weighted by molar-refractivity contribution is 0.0508. The van der Waals surface area contributed by atoms with Crippen LogP contribution in [-0.2, 0) is 38.6 Å². The third-order valence-corrected chi connectivity index (χ3v) is 20.3. The van der Waals surface area contributed by atoms with E-state index in [2.05, 4.69) is 61.0 Å². The summed E-state index contributed by atoms with van der Waals surface area (Å²) in [5.74, 6) is 1.31. The summed E-state index contributed by atoms with van der Waals surface area (Å²) in [6, 6.07) is 4.22. The lowest BCUT2D eigenvalue weighted by Gasteiger charge is -2.39. The van der Waals surface area contributed by atoms with Gasteiger partial charge in [-0.2, -0.15) is 15.3 Å². The third-order valence-electron chi connectivity index (χ3n) is 20.3. The molecule has 3 aliphatic carbocycles. The minimum atomic E-state index is -0.589. The first kappa shape index (κ1) is 93.1. The first-order valence-electron chi connectivity index (χ1n) is 39.6. The van der Waals surface area contributed by atoms with Gasteiger partial charge in [0.2, 0.25) is 11.8 Å². The Morgan fingerprint density at radius 1 is 0.595 bits per heavy atom. The van der Waals surface area contributed by atoms with Crippen molar-refractivity contribution in [2.75, 3.05) is 47.5 Å². The van der Waals surface area contributed by atoms with Gasteiger partial charge in [-0.1, -0.05) is 29.7 Å². The van der Waals surface area contributed by atoms with E-state index in [4.69, 9.17) is 57.7 Å². The second-order valence-electron chi connectivity index (χ2n) is 31.6. The molecule has 0 spiro atoms. The fraction of sp³-hybridized carbons (Fsp3) is 0.548. The van der Waals surface area contributed by atoms with Gasteiger partial charge in [0.1, 0.15) is 63.7 Å². The number of hydrogen-bond acceptors (Lipinski definition) is 27. The molecule has 5 N–H and O–H groups in total.